The van der Waals surface area contributed by atoms with E-state index in [-0.39, 0.29) is 11.8 Å². The summed E-state index contributed by atoms with van der Waals surface area (Å²) in [6, 6.07) is 1.36. The van der Waals surface area contributed by atoms with Crippen LogP contribution in [0.2, 0.25) is 0 Å². The van der Waals surface area contributed by atoms with Gasteiger partial charge in [-0.1, -0.05) is 0 Å². The van der Waals surface area contributed by atoms with Crippen LogP contribution >= 0.6 is 15.9 Å². The number of halogens is 1. The lowest BCUT2D eigenvalue weighted by Gasteiger charge is -2.26. The lowest BCUT2D eigenvalue weighted by molar-refractivity contribution is -0.385. The number of nitro groups is 1. The highest BCUT2D eigenvalue weighted by Crippen LogP contribution is 2.27. The summed E-state index contributed by atoms with van der Waals surface area (Å²) in [6.45, 7) is 1.07. The molecule has 0 atom stereocenters. The second kappa shape index (κ2) is 4.11. The number of hydrogen-bond donors (Lipinski definition) is 0. The first-order chi connectivity index (χ1) is 7.16. The standard InChI is InChI=1S/C8H7BrN2O4/c9-7-1-5(11(12)13)2-10-8(7)15-6-3-14-4-6/h1-2,6H,3-4H2. The van der Waals surface area contributed by atoms with Gasteiger partial charge in [-0.25, -0.2) is 4.98 Å². The molecule has 6 nitrogen and oxygen atoms in total. The molecular weight excluding hydrogens is 268 g/mol. The van der Waals surface area contributed by atoms with E-state index >= 15 is 0 Å². The summed E-state index contributed by atoms with van der Waals surface area (Å²) in [5.74, 6) is 0.355. The highest BCUT2D eigenvalue weighted by atomic mass is 79.9. The van der Waals surface area contributed by atoms with Crippen molar-refractivity contribution in [3.05, 3.63) is 26.9 Å². The van der Waals surface area contributed by atoms with Gasteiger partial charge >= 0.3 is 0 Å². The fraction of sp³-hybridized carbons (Fsp3) is 0.375. The fourth-order valence-electron chi connectivity index (χ4n) is 1.04. The second-order valence-corrected chi connectivity index (χ2v) is 3.87. The minimum atomic E-state index is -0.506. The van der Waals surface area contributed by atoms with E-state index in [0.29, 0.717) is 23.6 Å². The van der Waals surface area contributed by atoms with Crippen molar-refractivity contribution in [2.75, 3.05) is 13.2 Å². The minimum absolute atomic E-state index is 0.00439. The highest BCUT2D eigenvalue weighted by Gasteiger charge is 2.22. The fourth-order valence-corrected chi connectivity index (χ4v) is 1.47. The molecule has 2 heterocycles. The van der Waals surface area contributed by atoms with Crippen LogP contribution in [0.3, 0.4) is 0 Å². The maximum atomic E-state index is 10.4. The van der Waals surface area contributed by atoms with Gasteiger partial charge < -0.3 is 9.47 Å². The van der Waals surface area contributed by atoms with Crippen molar-refractivity contribution in [1.82, 2.24) is 4.98 Å². The van der Waals surface area contributed by atoms with Crippen LogP contribution in [0, 0.1) is 10.1 Å². The predicted octanol–water partition coefficient (Wildman–Crippen LogP) is 1.53. The molecule has 1 fully saturated rings. The third-order valence-corrected chi connectivity index (χ3v) is 2.46. The Bertz CT molecular complexity index is 394. The number of aromatic nitrogens is 1. The molecule has 80 valence electrons. The van der Waals surface area contributed by atoms with Crippen LogP contribution in [0.5, 0.6) is 5.88 Å². The molecule has 0 spiro atoms. The maximum absolute atomic E-state index is 10.4. The predicted molar refractivity (Wildman–Crippen MR) is 53.8 cm³/mol. The number of hydrogen-bond acceptors (Lipinski definition) is 5. The highest BCUT2D eigenvalue weighted by molar-refractivity contribution is 9.10. The Morgan fingerprint density at radius 3 is 2.87 bits per heavy atom. The van der Waals surface area contributed by atoms with E-state index in [1.54, 1.807) is 0 Å². The number of pyridine rings is 1. The molecule has 2 rings (SSSR count). The van der Waals surface area contributed by atoms with Crippen molar-refractivity contribution >= 4 is 21.6 Å². The number of nitrogens with zero attached hydrogens (tertiary/aromatic N) is 2. The Labute approximate surface area is 93.5 Å². The summed E-state index contributed by atoms with van der Waals surface area (Å²) in [4.78, 5) is 13.8. The van der Waals surface area contributed by atoms with E-state index in [1.807, 2.05) is 0 Å². The Kier molecular flexibility index (Phi) is 2.83. The van der Waals surface area contributed by atoms with E-state index in [9.17, 15) is 10.1 Å². The lowest BCUT2D eigenvalue weighted by Crippen LogP contribution is -2.38. The number of rotatable bonds is 3. The van der Waals surface area contributed by atoms with Gasteiger partial charge in [-0.3, -0.25) is 10.1 Å². The molecule has 0 amide bonds. The van der Waals surface area contributed by atoms with E-state index in [4.69, 9.17) is 9.47 Å². The third-order valence-electron chi connectivity index (χ3n) is 1.89. The van der Waals surface area contributed by atoms with E-state index in [1.165, 1.54) is 12.3 Å². The van der Waals surface area contributed by atoms with Crippen molar-refractivity contribution in [2.45, 2.75) is 6.10 Å². The molecule has 0 N–H and O–H groups in total. The SMILES string of the molecule is O=[N+]([O-])c1cnc(OC2COC2)c(Br)c1. The second-order valence-electron chi connectivity index (χ2n) is 3.01. The largest absolute Gasteiger partial charge is 0.469 e. The average Bonchev–Trinajstić information content (AvgIpc) is 2.12. The van der Waals surface area contributed by atoms with Gasteiger partial charge in [0.25, 0.3) is 5.69 Å². The molecule has 1 aromatic rings. The van der Waals surface area contributed by atoms with Gasteiger partial charge in [-0.15, -0.1) is 0 Å². The zero-order valence-electron chi connectivity index (χ0n) is 7.55. The first kappa shape index (κ1) is 10.3. The van der Waals surface area contributed by atoms with Crippen LogP contribution < -0.4 is 4.74 Å². The first-order valence-corrected chi connectivity index (χ1v) is 5.00. The molecule has 7 heteroatoms. The Balaban J connectivity index is 2.14. The quantitative estimate of drug-likeness (QED) is 0.617. The van der Waals surface area contributed by atoms with E-state index in [2.05, 4.69) is 20.9 Å². The van der Waals surface area contributed by atoms with Crippen LogP contribution in [0.15, 0.2) is 16.7 Å². The molecule has 0 bridgehead atoms. The monoisotopic (exact) mass is 274 g/mol. The zero-order chi connectivity index (χ0) is 10.8. The minimum Gasteiger partial charge on any atom is -0.469 e. The molecule has 15 heavy (non-hydrogen) atoms. The lowest BCUT2D eigenvalue weighted by atomic mass is 10.3. The molecule has 0 aromatic carbocycles. The van der Waals surface area contributed by atoms with Crippen molar-refractivity contribution in [3.63, 3.8) is 0 Å². The topological polar surface area (TPSA) is 74.5 Å². The molecule has 0 unspecified atom stereocenters. The van der Waals surface area contributed by atoms with Crippen molar-refractivity contribution in [2.24, 2.45) is 0 Å². The zero-order valence-corrected chi connectivity index (χ0v) is 9.14. The third kappa shape index (κ3) is 2.24. The first-order valence-electron chi connectivity index (χ1n) is 4.21. The van der Waals surface area contributed by atoms with Gasteiger partial charge in [0, 0.05) is 6.07 Å². The smallest absolute Gasteiger partial charge is 0.288 e. The summed E-state index contributed by atoms with van der Waals surface area (Å²) < 4.78 is 10.8. The van der Waals surface area contributed by atoms with Gasteiger partial charge in [-0.05, 0) is 15.9 Å². The Morgan fingerprint density at radius 1 is 1.67 bits per heavy atom. The van der Waals surface area contributed by atoms with Gasteiger partial charge in [0.1, 0.15) is 12.3 Å². The summed E-state index contributed by atoms with van der Waals surface area (Å²) in [5, 5.41) is 10.4. The summed E-state index contributed by atoms with van der Waals surface area (Å²) in [5.41, 5.74) is -0.0703. The van der Waals surface area contributed by atoms with E-state index in [0.717, 1.165) is 0 Å². The molecule has 1 aliphatic heterocycles. The molecule has 1 aromatic heterocycles. The van der Waals surface area contributed by atoms with Gasteiger partial charge in [0.15, 0.2) is 0 Å². The maximum Gasteiger partial charge on any atom is 0.288 e. The van der Waals surface area contributed by atoms with Crippen molar-refractivity contribution in [3.8, 4) is 5.88 Å². The van der Waals surface area contributed by atoms with Crippen LogP contribution in [0.4, 0.5) is 5.69 Å². The summed E-state index contributed by atoms with van der Waals surface area (Å²) in [7, 11) is 0. The van der Waals surface area contributed by atoms with Crippen molar-refractivity contribution in [1.29, 1.82) is 0 Å². The average molecular weight is 275 g/mol. The Hall–Kier alpha value is -1.21. The van der Waals surface area contributed by atoms with Crippen LogP contribution in [0.1, 0.15) is 0 Å². The molecule has 1 saturated heterocycles. The molecule has 0 radical (unpaired) electrons. The Morgan fingerprint density at radius 2 is 2.40 bits per heavy atom. The number of ether oxygens (including phenoxy) is 2. The molecular formula is C8H7BrN2O4. The van der Waals surface area contributed by atoms with Crippen LogP contribution in [-0.4, -0.2) is 29.2 Å². The van der Waals surface area contributed by atoms with Crippen LogP contribution in [0.25, 0.3) is 0 Å². The van der Waals surface area contributed by atoms with Gasteiger partial charge in [-0.2, -0.15) is 0 Å². The van der Waals surface area contributed by atoms with E-state index < -0.39 is 4.92 Å². The van der Waals surface area contributed by atoms with Crippen molar-refractivity contribution < 1.29 is 14.4 Å². The normalized spacial score (nSPS) is 15.8. The molecule has 1 aliphatic rings. The van der Waals surface area contributed by atoms with Crippen LogP contribution in [-0.2, 0) is 4.74 Å². The summed E-state index contributed by atoms with van der Waals surface area (Å²) >= 11 is 3.16. The molecule has 0 saturated carbocycles. The van der Waals surface area contributed by atoms with Gasteiger partial charge in [0.2, 0.25) is 5.88 Å². The summed E-state index contributed by atoms with van der Waals surface area (Å²) in [6.07, 6.45) is 1.16. The van der Waals surface area contributed by atoms with Gasteiger partial charge in [0.05, 0.1) is 22.6 Å². The molecule has 0 aliphatic carbocycles.